The second-order valence-corrected chi connectivity index (χ2v) is 6.82. The number of rotatable bonds is 4. The Hall–Kier alpha value is -1.05. The number of aromatic nitrogens is 4. The van der Waals surface area contributed by atoms with Crippen LogP contribution in [0.4, 0.5) is 0 Å². The van der Waals surface area contributed by atoms with Gasteiger partial charge in [-0.25, -0.2) is 4.68 Å². The molecule has 1 atom stereocenters. The first-order chi connectivity index (χ1) is 10.3. The fourth-order valence-electron chi connectivity index (χ4n) is 3.66. The van der Waals surface area contributed by atoms with Gasteiger partial charge in [0.25, 0.3) is 0 Å². The Morgan fingerprint density at radius 1 is 1.00 bits per heavy atom. The Morgan fingerprint density at radius 3 is 2.57 bits per heavy atom. The molecule has 1 saturated carbocycles. The zero-order valence-electron chi connectivity index (χ0n) is 12.6. The summed E-state index contributed by atoms with van der Waals surface area (Å²) in [5, 5.41) is 12.2. The van der Waals surface area contributed by atoms with Gasteiger partial charge in [-0.15, -0.1) is 5.10 Å². The number of hydrogen-bond donors (Lipinski definition) is 1. The molecule has 7 heteroatoms. The highest BCUT2D eigenvalue weighted by Crippen LogP contribution is 2.34. The Balaban J connectivity index is 1.32. The van der Waals surface area contributed by atoms with E-state index in [1.54, 1.807) is 0 Å². The van der Waals surface area contributed by atoms with Crippen molar-refractivity contribution < 1.29 is 0 Å². The molecule has 0 amide bonds. The van der Waals surface area contributed by atoms with Crippen molar-refractivity contribution in [1.29, 1.82) is 0 Å². The molecule has 4 rings (SSSR count). The molecule has 1 aliphatic carbocycles. The van der Waals surface area contributed by atoms with Crippen molar-refractivity contribution in [3.63, 3.8) is 0 Å². The minimum atomic E-state index is 0.418. The van der Waals surface area contributed by atoms with E-state index in [9.17, 15) is 0 Å². The van der Waals surface area contributed by atoms with Gasteiger partial charge in [-0.05, 0) is 55.6 Å². The minimum absolute atomic E-state index is 0.418. The summed E-state index contributed by atoms with van der Waals surface area (Å²) in [4.78, 5) is 5.14. The lowest BCUT2D eigenvalue weighted by molar-refractivity contribution is 0.151. The maximum absolute atomic E-state index is 6.00. The van der Waals surface area contributed by atoms with E-state index in [-0.39, 0.29) is 0 Å². The van der Waals surface area contributed by atoms with Gasteiger partial charge in [0.2, 0.25) is 0 Å². The van der Waals surface area contributed by atoms with E-state index in [1.807, 2.05) is 4.68 Å². The van der Waals surface area contributed by atoms with Crippen molar-refractivity contribution in [3.8, 4) is 0 Å². The van der Waals surface area contributed by atoms with Crippen LogP contribution in [0, 0.1) is 0 Å². The van der Waals surface area contributed by atoms with Crippen molar-refractivity contribution in [1.82, 2.24) is 30.0 Å². The molecule has 1 aromatic rings. The van der Waals surface area contributed by atoms with Gasteiger partial charge in [0.1, 0.15) is 0 Å². The molecule has 0 bridgehead atoms. The summed E-state index contributed by atoms with van der Waals surface area (Å²) in [5.74, 6) is 1.04. The summed E-state index contributed by atoms with van der Waals surface area (Å²) in [5.41, 5.74) is 6.00. The third kappa shape index (κ3) is 2.95. The quantitative estimate of drug-likeness (QED) is 0.842. The second kappa shape index (κ2) is 5.62. The Morgan fingerprint density at radius 2 is 1.81 bits per heavy atom. The van der Waals surface area contributed by atoms with Gasteiger partial charge >= 0.3 is 0 Å². The zero-order valence-corrected chi connectivity index (χ0v) is 12.6. The van der Waals surface area contributed by atoms with Crippen LogP contribution in [0.25, 0.3) is 0 Å². The fraction of sp³-hybridized carbons (Fsp3) is 0.929. The highest BCUT2D eigenvalue weighted by molar-refractivity contribution is 4.93. The molecule has 0 spiro atoms. The number of nitrogens with zero attached hydrogens (tertiary/aromatic N) is 6. The van der Waals surface area contributed by atoms with Crippen molar-refractivity contribution in [2.24, 2.45) is 5.73 Å². The topological polar surface area (TPSA) is 76.1 Å². The van der Waals surface area contributed by atoms with Crippen LogP contribution in [0.3, 0.4) is 0 Å². The van der Waals surface area contributed by atoms with Crippen LogP contribution in [-0.2, 0) is 6.54 Å². The van der Waals surface area contributed by atoms with Crippen LogP contribution in [-0.4, -0.2) is 68.3 Å². The molecule has 3 fully saturated rings. The van der Waals surface area contributed by atoms with Gasteiger partial charge in [0.05, 0.1) is 12.6 Å². The first-order valence-corrected chi connectivity index (χ1v) is 8.28. The molecular weight excluding hydrogens is 266 g/mol. The normalized spacial score (nSPS) is 29.3. The molecule has 21 heavy (non-hydrogen) atoms. The Bertz CT molecular complexity index is 475. The van der Waals surface area contributed by atoms with Gasteiger partial charge in [0.15, 0.2) is 5.82 Å². The molecule has 3 heterocycles. The van der Waals surface area contributed by atoms with E-state index in [0.29, 0.717) is 18.1 Å². The van der Waals surface area contributed by atoms with Crippen molar-refractivity contribution in [3.05, 3.63) is 5.82 Å². The van der Waals surface area contributed by atoms with Gasteiger partial charge < -0.3 is 5.73 Å². The lowest BCUT2D eigenvalue weighted by Gasteiger charge is -2.34. The largest absolute Gasteiger partial charge is 0.328 e. The summed E-state index contributed by atoms with van der Waals surface area (Å²) in [6, 6.07) is 1.68. The first-order valence-electron chi connectivity index (χ1n) is 8.28. The second-order valence-electron chi connectivity index (χ2n) is 6.82. The Kier molecular flexibility index (Phi) is 3.64. The third-order valence-electron chi connectivity index (χ3n) is 5.16. The fourth-order valence-corrected chi connectivity index (χ4v) is 3.66. The van der Waals surface area contributed by atoms with E-state index in [1.165, 1.54) is 32.4 Å². The van der Waals surface area contributed by atoms with Gasteiger partial charge in [-0.3, -0.25) is 9.80 Å². The van der Waals surface area contributed by atoms with Crippen LogP contribution in [0.5, 0.6) is 0 Å². The molecule has 3 aliphatic rings. The van der Waals surface area contributed by atoms with E-state index >= 15 is 0 Å². The molecule has 0 aromatic carbocycles. The molecule has 2 saturated heterocycles. The lowest BCUT2D eigenvalue weighted by Crippen LogP contribution is -2.46. The number of tetrazole rings is 1. The highest BCUT2D eigenvalue weighted by atomic mass is 15.6. The minimum Gasteiger partial charge on any atom is -0.328 e. The third-order valence-corrected chi connectivity index (χ3v) is 5.16. The van der Waals surface area contributed by atoms with E-state index < -0.39 is 0 Å². The number of nitrogens with two attached hydrogens (primary N) is 1. The summed E-state index contributed by atoms with van der Waals surface area (Å²) in [6.45, 7) is 5.53. The molecule has 7 nitrogen and oxygen atoms in total. The van der Waals surface area contributed by atoms with Crippen LogP contribution in [0.1, 0.15) is 44.0 Å². The van der Waals surface area contributed by atoms with E-state index in [2.05, 4.69) is 25.3 Å². The summed E-state index contributed by atoms with van der Waals surface area (Å²) in [6.07, 6.45) is 6.02. The van der Waals surface area contributed by atoms with Crippen LogP contribution in [0.15, 0.2) is 0 Å². The molecule has 1 unspecified atom stereocenters. The molecule has 2 aliphatic heterocycles. The summed E-state index contributed by atoms with van der Waals surface area (Å²) in [7, 11) is 0. The van der Waals surface area contributed by atoms with Crippen molar-refractivity contribution >= 4 is 0 Å². The molecule has 0 radical (unpaired) electrons. The number of piperidine rings is 1. The predicted octanol–water partition coefficient (Wildman–Crippen LogP) is 0.00540. The number of likely N-dealkylation sites (tertiary alicyclic amines) is 2. The van der Waals surface area contributed by atoms with Gasteiger partial charge in [-0.2, -0.15) is 0 Å². The van der Waals surface area contributed by atoms with Crippen LogP contribution in [0.2, 0.25) is 0 Å². The predicted molar refractivity (Wildman–Crippen MR) is 78.6 cm³/mol. The SMILES string of the molecule is NC1CCN(C2CCN(Cc3nnnn3C3CC3)C2)CC1. The van der Waals surface area contributed by atoms with Crippen LogP contribution >= 0.6 is 0 Å². The van der Waals surface area contributed by atoms with Gasteiger partial charge in [-0.1, -0.05) is 0 Å². The molecule has 116 valence electrons. The molecule has 1 aromatic heterocycles. The Labute approximate surface area is 125 Å². The lowest BCUT2D eigenvalue weighted by atomic mass is 10.0. The van der Waals surface area contributed by atoms with E-state index in [4.69, 9.17) is 5.73 Å². The molecule has 2 N–H and O–H groups in total. The van der Waals surface area contributed by atoms with Crippen LogP contribution < -0.4 is 5.73 Å². The molecular formula is C14H25N7. The smallest absolute Gasteiger partial charge is 0.165 e. The maximum atomic E-state index is 6.00. The van der Waals surface area contributed by atoms with Crippen molar-refractivity contribution in [2.75, 3.05) is 26.2 Å². The zero-order chi connectivity index (χ0) is 14.2. The average Bonchev–Trinajstić information content (AvgIpc) is 3.05. The number of hydrogen-bond acceptors (Lipinski definition) is 6. The average molecular weight is 291 g/mol. The van der Waals surface area contributed by atoms with E-state index in [0.717, 1.165) is 38.3 Å². The highest BCUT2D eigenvalue weighted by Gasteiger charge is 2.32. The standard InChI is InChI=1S/C14H25N7/c15-11-3-7-20(8-4-11)13-5-6-19(9-13)10-14-16-17-18-21(14)12-1-2-12/h11-13H,1-10,15H2. The summed E-state index contributed by atoms with van der Waals surface area (Å²) >= 11 is 0. The van der Waals surface area contributed by atoms with Crippen molar-refractivity contribution in [2.45, 2.75) is 56.8 Å². The first kappa shape index (κ1) is 13.6. The summed E-state index contributed by atoms with van der Waals surface area (Å²) < 4.78 is 2.03. The van der Waals surface area contributed by atoms with Gasteiger partial charge in [0, 0.05) is 25.2 Å². The monoisotopic (exact) mass is 291 g/mol. The maximum Gasteiger partial charge on any atom is 0.165 e.